The van der Waals surface area contributed by atoms with Gasteiger partial charge in [-0.05, 0) is 42.9 Å². The number of carboxylic acid groups (broad SMARTS) is 1. The van der Waals surface area contributed by atoms with Crippen LogP contribution in [0, 0.1) is 0 Å². The Morgan fingerprint density at radius 2 is 1.61 bits per heavy atom. The van der Waals surface area contributed by atoms with Crippen LogP contribution in [0.2, 0.25) is 0 Å². The van der Waals surface area contributed by atoms with Crippen molar-refractivity contribution in [2.75, 3.05) is 17.8 Å². The Morgan fingerprint density at radius 1 is 1.00 bits per heavy atom. The summed E-state index contributed by atoms with van der Waals surface area (Å²) < 4.78 is 0. The SMILES string of the molecule is CSCCC(NC(=O)C(CCC(N)=O)NC(=O)C(N)Cc1c[nH]c2ccccc12)C(=O)NC(CS)C(=O)O. The number of amides is 4. The van der Waals surface area contributed by atoms with E-state index in [1.54, 1.807) is 6.20 Å². The molecule has 1 aromatic heterocycles. The number of hydrogen-bond donors (Lipinski definition) is 8. The Balaban J connectivity index is 2.13. The third-order valence-corrected chi connectivity index (χ3v) is 6.81. The van der Waals surface area contributed by atoms with Gasteiger partial charge in [-0.15, -0.1) is 0 Å². The minimum Gasteiger partial charge on any atom is -0.480 e. The Kier molecular flexibility index (Phi) is 12.4. The summed E-state index contributed by atoms with van der Waals surface area (Å²) in [6.45, 7) is 0. The molecule has 4 unspecified atom stereocenters. The normalized spacial score (nSPS) is 14.2. The maximum absolute atomic E-state index is 13.1. The van der Waals surface area contributed by atoms with Gasteiger partial charge >= 0.3 is 5.97 Å². The molecular weight excluding hydrogens is 532 g/mol. The highest BCUT2D eigenvalue weighted by molar-refractivity contribution is 7.98. The zero-order valence-corrected chi connectivity index (χ0v) is 22.6. The van der Waals surface area contributed by atoms with E-state index in [-0.39, 0.29) is 31.4 Å². The quantitative estimate of drug-likeness (QED) is 0.124. The van der Waals surface area contributed by atoms with Gasteiger partial charge in [0.2, 0.25) is 23.6 Å². The van der Waals surface area contributed by atoms with Gasteiger partial charge in [-0.2, -0.15) is 24.4 Å². The highest BCUT2D eigenvalue weighted by atomic mass is 32.2. The molecule has 2 aromatic rings. The minimum atomic E-state index is -1.26. The standard InChI is InChI=1S/C24H34N6O6S2/c1-38-9-8-18(23(34)30-19(12-37)24(35)36)29-22(33)17(6-7-20(26)31)28-21(32)15(25)10-13-11-27-16-5-3-2-4-14(13)16/h2-5,11,15,17-19,27,37H,6-10,12,25H2,1H3,(H2,26,31)(H,28,32)(H,29,33)(H,30,34)(H,35,36). The van der Waals surface area contributed by atoms with Gasteiger partial charge in [-0.1, -0.05) is 18.2 Å². The first kappa shape index (κ1) is 31.0. The van der Waals surface area contributed by atoms with Gasteiger partial charge in [0.1, 0.15) is 18.1 Å². The van der Waals surface area contributed by atoms with Gasteiger partial charge in [0.25, 0.3) is 0 Å². The molecule has 208 valence electrons. The molecule has 0 aliphatic heterocycles. The highest BCUT2D eigenvalue weighted by Gasteiger charge is 2.30. The van der Waals surface area contributed by atoms with E-state index in [1.807, 2.05) is 30.5 Å². The number of aromatic nitrogens is 1. The molecule has 0 saturated carbocycles. The Hall–Kier alpha value is -3.23. The average Bonchev–Trinajstić information content (AvgIpc) is 3.29. The first-order valence-electron chi connectivity index (χ1n) is 11.9. The number of nitrogens with one attached hydrogen (secondary N) is 4. The van der Waals surface area contributed by atoms with E-state index in [0.717, 1.165) is 16.5 Å². The van der Waals surface area contributed by atoms with E-state index in [1.165, 1.54) is 11.8 Å². The Bertz CT molecular complexity index is 1140. The number of fused-ring (bicyclic) bond motifs is 1. The summed E-state index contributed by atoms with van der Waals surface area (Å²) in [6.07, 6.45) is 3.67. The summed E-state index contributed by atoms with van der Waals surface area (Å²) in [4.78, 5) is 64.6. The van der Waals surface area contributed by atoms with Gasteiger partial charge in [0.05, 0.1) is 6.04 Å². The van der Waals surface area contributed by atoms with Crippen LogP contribution >= 0.6 is 24.4 Å². The lowest BCUT2D eigenvalue weighted by molar-refractivity contribution is -0.141. The molecule has 38 heavy (non-hydrogen) atoms. The molecule has 9 N–H and O–H groups in total. The van der Waals surface area contributed by atoms with Crippen molar-refractivity contribution in [3.05, 3.63) is 36.0 Å². The first-order chi connectivity index (χ1) is 18.1. The van der Waals surface area contributed by atoms with Crippen LogP contribution in [0.25, 0.3) is 10.9 Å². The zero-order chi connectivity index (χ0) is 28.2. The number of nitrogens with two attached hydrogens (primary N) is 2. The number of aliphatic carboxylic acids is 1. The van der Waals surface area contributed by atoms with E-state index in [4.69, 9.17) is 11.5 Å². The summed E-state index contributed by atoms with van der Waals surface area (Å²) in [6, 6.07) is 3.02. The van der Waals surface area contributed by atoms with Crippen molar-refractivity contribution in [2.45, 2.75) is 49.9 Å². The van der Waals surface area contributed by atoms with Crippen LogP contribution in [-0.4, -0.2) is 81.6 Å². The zero-order valence-electron chi connectivity index (χ0n) is 20.9. The molecule has 0 saturated heterocycles. The summed E-state index contributed by atoms with van der Waals surface area (Å²) in [5, 5.41) is 17.6. The smallest absolute Gasteiger partial charge is 0.327 e. The fraction of sp³-hybridized carbons (Fsp3) is 0.458. The van der Waals surface area contributed by atoms with Crippen molar-refractivity contribution >= 4 is 64.9 Å². The second-order valence-electron chi connectivity index (χ2n) is 8.66. The second-order valence-corrected chi connectivity index (χ2v) is 10.0. The lowest BCUT2D eigenvalue weighted by Gasteiger charge is -2.25. The number of hydrogen-bond acceptors (Lipinski definition) is 8. The van der Waals surface area contributed by atoms with Crippen LogP contribution in [0.5, 0.6) is 0 Å². The fourth-order valence-corrected chi connectivity index (χ4v) is 4.42. The van der Waals surface area contributed by atoms with Crippen LogP contribution in [0.3, 0.4) is 0 Å². The minimum absolute atomic E-state index is 0.113. The molecular formula is C24H34N6O6S2. The number of H-pyrrole nitrogens is 1. The van der Waals surface area contributed by atoms with Crippen molar-refractivity contribution < 1.29 is 29.1 Å². The summed E-state index contributed by atoms with van der Waals surface area (Å²) in [5.41, 5.74) is 13.1. The van der Waals surface area contributed by atoms with Gasteiger partial charge < -0.3 is 37.5 Å². The lowest BCUT2D eigenvalue weighted by atomic mass is 10.0. The van der Waals surface area contributed by atoms with Crippen LogP contribution in [0.4, 0.5) is 0 Å². The molecule has 4 amide bonds. The number of aromatic amines is 1. The third-order valence-electron chi connectivity index (χ3n) is 5.80. The van der Waals surface area contributed by atoms with Crippen LogP contribution in [0.1, 0.15) is 24.8 Å². The van der Waals surface area contributed by atoms with Crippen LogP contribution < -0.4 is 27.4 Å². The summed E-state index contributed by atoms with van der Waals surface area (Å²) in [7, 11) is 0. The van der Waals surface area contributed by atoms with Gasteiger partial charge in [0.15, 0.2) is 0 Å². The van der Waals surface area contributed by atoms with Crippen molar-refractivity contribution in [2.24, 2.45) is 11.5 Å². The van der Waals surface area contributed by atoms with Crippen molar-refractivity contribution in [3.8, 4) is 0 Å². The Labute approximate surface area is 229 Å². The van der Waals surface area contributed by atoms with E-state index in [2.05, 4.69) is 33.6 Å². The average molecular weight is 567 g/mol. The van der Waals surface area contributed by atoms with E-state index >= 15 is 0 Å². The second kappa shape index (κ2) is 15.2. The number of thiol groups is 1. The van der Waals surface area contributed by atoms with E-state index < -0.39 is 53.8 Å². The van der Waals surface area contributed by atoms with Crippen molar-refractivity contribution in [1.29, 1.82) is 0 Å². The van der Waals surface area contributed by atoms with Crippen LogP contribution in [0.15, 0.2) is 30.5 Å². The summed E-state index contributed by atoms with van der Waals surface area (Å²) in [5.74, 6) is -3.64. The number of thioether (sulfide) groups is 1. The van der Waals surface area contributed by atoms with Gasteiger partial charge in [-0.25, -0.2) is 4.79 Å². The fourth-order valence-electron chi connectivity index (χ4n) is 3.70. The predicted octanol–water partition coefficient (Wildman–Crippen LogP) is -0.475. The molecule has 0 radical (unpaired) electrons. The number of carbonyl (C=O) groups excluding carboxylic acids is 4. The predicted molar refractivity (Wildman–Crippen MR) is 149 cm³/mol. The Morgan fingerprint density at radius 3 is 2.21 bits per heavy atom. The molecule has 0 bridgehead atoms. The lowest BCUT2D eigenvalue weighted by Crippen LogP contribution is -2.57. The maximum atomic E-state index is 13.1. The highest BCUT2D eigenvalue weighted by Crippen LogP contribution is 2.19. The number of para-hydroxylation sites is 1. The first-order valence-corrected chi connectivity index (χ1v) is 13.9. The van der Waals surface area contributed by atoms with Gasteiger partial charge in [-0.3, -0.25) is 19.2 Å². The number of carboxylic acids is 1. The largest absolute Gasteiger partial charge is 0.480 e. The molecule has 4 atom stereocenters. The number of benzene rings is 1. The molecule has 0 aliphatic carbocycles. The third kappa shape index (κ3) is 9.26. The molecule has 1 heterocycles. The van der Waals surface area contributed by atoms with E-state index in [0.29, 0.717) is 5.75 Å². The number of carbonyl (C=O) groups is 5. The van der Waals surface area contributed by atoms with E-state index in [9.17, 15) is 29.1 Å². The molecule has 0 spiro atoms. The monoisotopic (exact) mass is 566 g/mol. The number of rotatable bonds is 16. The topological polar surface area (TPSA) is 209 Å². The molecule has 2 rings (SSSR count). The summed E-state index contributed by atoms with van der Waals surface area (Å²) >= 11 is 5.37. The molecule has 14 heteroatoms. The van der Waals surface area contributed by atoms with Crippen molar-refractivity contribution in [1.82, 2.24) is 20.9 Å². The van der Waals surface area contributed by atoms with Crippen LogP contribution in [-0.2, 0) is 30.4 Å². The molecule has 12 nitrogen and oxygen atoms in total. The molecule has 0 fully saturated rings. The number of primary amides is 1. The maximum Gasteiger partial charge on any atom is 0.327 e. The van der Waals surface area contributed by atoms with Crippen molar-refractivity contribution in [3.63, 3.8) is 0 Å². The van der Waals surface area contributed by atoms with Gasteiger partial charge in [0, 0.05) is 29.3 Å². The molecule has 1 aromatic carbocycles. The molecule has 0 aliphatic rings.